The van der Waals surface area contributed by atoms with Crippen LogP contribution in [0.15, 0.2) is 24.3 Å². The van der Waals surface area contributed by atoms with Gasteiger partial charge in [0, 0.05) is 24.7 Å². The molecule has 1 aromatic carbocycles. The van der Waals surface area contributed by atoms with Crippen molar-refractivity contribution in [2.45, 2.75) is 45.7 Å². The number of benzene rings is 1. The van der Waals surface area contributed by atoms with Crippen LogP contribution in [0.3, 0.4) is 0 Å². The standard InChI is InChI=1S/C16H25ClN2/c1-5-16(4)11-19(15(10-18-16)12(2)3)14-9-7-6-8-13(14)17/h6-9,12,15,18H,5,10-11H2,1-4H3. The van der Waals surface area contributed by atoms with Crippen molar-refractivity contribution < 1.29 is 0 Å². The number of hydrogen-bond acceptors (Lipinski definition) is 2. The lowest BCUT2D eigenvalue weighted by Crippen LogP contribution is -2.64. The average Bonchev–Trinajstić information content (AvgIpc) is 2.39. The zero-order chi connectivity index (χ0) is 14.0. The van der Waals surface area contributed by atoms with E-state index in [2.05, 4.69) is 50.0 Å². The third-order valence-corrected chi connectivity index (χ3v) is 4.69. The van der Waals surface area contributed by atoms with Gasteiger partial charge in [-0.05, 0) is 31.4 Å². The minimum atomic E-state index is 0.171. The summed E-state index contributed by atoms with van der Waals surface area (Å²) >= 11 is 6.40. The van der Waals surface area contributed by atoms with Crippen molar-refractivity contribution in [2.24, 2.45) is 5.92 Å². The Bertz CT molecular complexity index is 433. The highest BCUT2D eigenvalue weighted by Gasteiger charge is 2.36. The van der Waals surface area contributed by atoms with Gasteiger partial charge < -0.3 is 10.2 Å². The van der Waals surface area contributed by atoms with E-state index in [1.165, 1.54) is 5.69 Å². The maximum atomic E-state index is 6.40. The summed E-state index contributed by atoms with van der Waals surface area (Å²) in [7, 11) is 0. The Morgan fingerprint density at radius 3 is 2.68 bits per heavy atom. The normalized spacial score (nSPS) is 27.9. The van der Waals surface area contributed by atoms with Gasteiger partial charge in [0.2, 0.25) is 0 Å². The number of nitrogens with one attached hydrogen (secondary N) is 1. The van der Waals surface area contributed by atoms with Crippen LogP contribution in [0.5, 0.6) is 0 Å². The lowest BCUT2D eigenvalue weighted by Gasteiger charge is -2.49. The van der Waals surface area contributed by atoms with Gasteiger partial charge in [-0.2, -0.15) is 0 Å². The summed E-state index contributed by atoms with van der Waals surface area (Å²) in [6.45, 7) is 11.1. The molecule has 0 spiro atoms. The van der Waals surface area contributed by atoms with Gasteiger partial charge in [0.15, 0.2) is 0 Å². The molecular formula is C16H25ClN2. The van der Waals surface area contributed by atoms with Crippen LogP contribution in [0.2, 0.25) is 5.02 Å². The fourth-order valence-corrected chi connectivity index (χ4v) is 3.04. The Morgan fingerprint density at radius 2 is 2.11 bits per heavy atom. The summed E-state index contributed by atoms with van der Waals surface area (Å²) < 4.78 is 0. The number of para-hydroxylation sites is 1. The van der Waals surface area contributed by atoms with Crippen LogP contribution in [-0.2, 0) is 0 Å². The highest BCUT2D eigenvalue weighted by Crippen LogP contribution is 2.32. The number of rotatable bonds is 3. The molecular weight excluding hydrogens is 256 g/mol. The zero-order valence-corrected chi connectivity index (χ0v) is 13.2. The van der Waals surface area contributed by atoms with Crippen molar-refractivity contribution in [1.29, 1.82) is 0 Å². The molecule has 1 N–H and O–H groups in total. The number of halogens is 1. The Morgan fingerprint density at radius 1 is 1.42 bits per heavy atom. The lowest BCUT2D eigenvalue weighted by molar-refractivity contribution is 0.253. The predicted molar refractivity (Wildman–Crippen MR) is 84.1 cm³/mol. The van der Waals surface area contributed by atoms with E-state index in [1.54, 1.807) is 0 Å². The second-order valence-corrected chi connectivity index (χ2v) is 6.59. The number of hydrogen-bond donors (Lipinski definition) is 1. The molecule has 19 heavy (non-hydrogen) atoms. The van der Waals surface area contributed by atoms with Crippen LogP contribution in [0.4, 0.5) is 5.69 Å². The third-order valence-electron chi connectivity index (χ3n) is 4.37. The van der Waals surface area contributed by atoms with Crippen molar-refractivity contribution in [1.82, 2.24) is 5.32 Å². The van der Waals surface area contributed by atoms with Crippen molar-refractivity contribution >= 4 is 17.3 Å². The molecule has 1 heterocycles. The van der Waals surface area contributed by atoms with Gasteiger partial charge in [-0.1, -0.05) is 44.5 Å². The van der Waals surface area contributed by atoms with Crippen LogP contribution in [0, 0.1) is 5.92 Å². The topological polar surface area (TPSA) is 15.3 Å². The summed E-state index contributed by atoms with van der Waals surface area (Å²) in [6.07, 6.45) is 1.12. The van der Waals surface area contributed by atoms with Crippen LogP contribution in [0.1, 0.15) is 34.1 Å². The fourth-order valence-electron chi connectivity index (χ4n) is 2.79. The van der Waals surface area contributed by atoms with Crippen LogP contribution in [-0.4, -0.2) is 24.7 Å². The van der Waals surface area contributed by atoms with E-state index in [1.807, 2.05) is 12.1 Å². The molecule has 0 aromatic heterocycles. The molecule has 1 aliphatic heterocycles. The molecule has 3 heteroatoms. The first-order valence-electron chi connectivity index (χ1n) is 7.23. The molecule has 2 nitrogen and oxygen atoms in total. The van der Waals surface area contributed by atoms with Gasteiger partial charge in [-0.25, -0.2) is 0 Å². The van der Waals surface area contributed by atoms with Crippen molar-refractivity contribution in [3.8, 4) is 0 Å². The Hall–Kier alpha value is -0.730. The van der Waals surface area contributed by atoms with Crippen LogP contribution in [0.25, 0.3) is 0 Å². The van der Waals surface area contributed by atoms with Gasteiger partial charge >= 0.3 is 0 Å². The SMILES string of the molecule is CCC1(C)CN(c2ccccc2Cl)C(C(C)C)CN1. The van der Waals surface area contributed by atoms with Gasteiger partial charge in [-0.3, -0.25) is 0 Å². The third kappa shape index (κ3) is 3.06. The maximum absolute atomic E-state index is 6.40. The molecule has 0 saturated carbocycles. The molecule has 2 rings (SSSR count). The summed E-state index contributed by atoms with van der Waals surface area (Å²) in [6, 6.07) is 8.69. The van der Waals surface area contributed by atoms with Crippen LogP contribution < -0.4 is 10.2 Å². The Labute approximate surface area is 122 Å². The molecule has 1 aliphatic rings. The zero-order valence-electron chi connectivity index (χ0n) is 12.4. The molecule has 2 unspecified atom stereocenters. The lowest BCUT2D eigenvalue weighted by atomic mass is 9.89. The van der Waals surface area contributed by atoms with E-state index >= 15 is 0 Å². The highest BCUT2D eigenvalue weighted by atomic mass is 35.5. The van der Waals surface area contributed by atoms with Crippen molar-refractivity contribution in [2.75, 3.05) is 18.0 Å². The minimum Gasteiger partial charge on any atom is -0.364 e. The first kappa shape index (κ1) is 14.7. The minimum absolute atomic E-state index is 0.171. The Kier molecular flexibility index (Phi) is 4.42. The molecule has 0 radical (unpaired) electrons. The average molecular weight is 281 g/mol. The molecule has 1 aromatic rings. The van der Waals surface area contributed by atoms with E-state index < -0.39 is 0 Å². The van der Waals surface area contributed by atoms with Gasteiger partial charge in [0.1, 0.15) is 0 Å². The molecule has 0 amide bonds. The summed E-state index contributed by atoms with van der Waals surface area (Å²) in [5.74, 6) is 0.602. The van der Waals surface area contributed by atoms with Gasteiger partial charge in [0.05, 0.1) is 10.7 Å². The van der Waals surface area contributed by atoms with Gasteiger partial charge in [-0.15, -0.1) is 0 Å². The van der Waals surface area contributed by atoms with Crippen LogP contribution >= 0.6 is 11.6 Å². The summed E-state index contributed by atoms with van der Waals surface area (Å²) in [5.41, 5.74) is 1.34. The molecule has 1 saturated heterocycles. The Balaban J connectivity index is 2.33. The predicted octanol–water partition coefficient (Wildman–Crippen LogP) is 3.94. The second-order valence-electron chi connectivity index (χ2n) is 6.19. The number of anilines is 1. The molecule has 1 fully saturated rings. The van der Waals surface area contributed by atoms with E-state index in [0.29, 0.717) is 12.0 Å². The van der Waals surface area contributed by atoms with E-state index in [-0.39, 0.29) is 5.54 Å². The molecule has 106 valence electrons. The first-order valence-corrected chi connectivity index (χ1v) is 7.61. The van der Waals surface area contributed by atoms with Gasteiger partial charge in [0.25, 0.3) is 0 Å². The van der Waals surface area contributed by atoms with Crippen molar-refractivity contribution in [3.05, 3.63) is 29.3 Å². The largest absolute Gasteiger partial charge is 0.364 e. The monoisotopic (exact) mass is 280 g/mol. The maximum Gasteiger partial charge on any atom is 0.0639 e. The second kappa shape index (κ2) is 5.72. The smallest absolute Gasteiger partial charge is 0.0639 e. The number of piperazine rings is 1. The van der Waals surface area contributed by atoms with E-state index in [0.717, 1.165) is 24.5 Å². The molecule has 0 bridgehead atoms. The molecule has 0 aliphatic carbocycles. The quantitative estimate of drug-likeness (QED) is 0.902. The molecule has 2 atom stereocenters. The van der Waals surface area contributed by atoms with E-state index in [9.17, 15) is 0 Å². The fraction of sp³-hybridized carbons (Fsp3) is 0.625. The summed E-state index contributed by atoms with van der Waals surface area (Å²) in [5, 5.41) is 4.57. The highest BCUT2D eigenvalue weighted by molar-refractivity contribution is 6.33. The van der Waals surface area contributed by atoms with Crippen molar-refractivity contribution in [3.63, 3.8) is 0 Å². The number of nitrogens with zero attached hydrogens (tertiary/aromatic N) is 1. The summed E-state index contributed by atoms with van der Waals surface area (Å²) in [4.78, 5) is 2.49. The first-order chi connectivity index (χ1) is 8.97. The van der Waals surface area contributed by atoms with E-state index in [4.69, 9.17) is 11.6 Å².